The number of ketones is 1. The molecule has 0 aliphatic carbocycles. The number of aliphatic hydroxyl groups is 1. The number of fused-ring (bicyclic) bond motifs is 1. The van der Waals surface area contributed by atoms with E-state index in [4.69, 9.17) is 16.6 Å². The van der Waals surface area contributed by atoms with Crippen LogP contribution in [0.2, 0.25) is 5.02 Å². The van der Waals surface area contributed by atoms with Crippen molar-refractivity contribution in [1.29, 1.82) is 0 Å². The SMILES string of the molecule is CC(C)(C)c1nc(N2CC(=O)C(O)C2)c2nnn(Cc3ccccc3Cl)c2n1. The zero-order valence-corrected chi connectivity index (χ0v) is 16.7. The van der Waals surface area contributed by atoms with Crippen LogP contribution in [-0.4, -0.2) is 55.0 Å². The van der Waals surface area contributed by atoms with Gasteiger partial charge >= 0.3 is 0 Å². The summed E-state index contributed by atoms with van der Waals surface area (Å²) in [5, 5.41) is 19.0. The summed E-state index contributed by atoms with van der Waals surface area (Å²) in [4.78, 5) is 23.0. The summed E-state index contributed by atoms with van der Waals surface area (Å²) in [5.41, 5.74) is 1.66. The molecule has 8 nitrogen and oxygen atoms in total. The molecule has 1 unspecified atom stereocenters. The predicted octanol–water partition coefficient (Wildman–Crippen LogP) is 1.97. The Morgan fingerprint density at radius 3 is 2.64 bits per heavy atom. The molecule has 2 aromatic heterocycles. The molecule has 9 heteroatoms. The third kappa shape index (κ3) is 3.33. The van der Waals surface area contributed by atoms with Crippen LogP contribution in [0.25, 0.3) is 11.2 Å². The number of carbonyl (C=O) groups excluding carboxylic acids is 1. The Morgan fingerprint density at radius 1 is 1.25 bits per heavy atom. The van der Waals surface area contributed by atoms with Crippen LogP contribution in [-0.2, 0) is 16.8 Å². The maximum absolute atomic E-state index is 11.9. The zero-order chi connectivity index (χ0) is 20.1. The Labute approximate surface area is 167 Å². The molecule has 0 radical (unpaired) electrons. The van der Waals surface area contributed by atoms with Crippen LogP contribution in [0.1, 0.15) is 32.2 Å². The molecule has 1 atom stereocenters. The van der Waals surface area contributed by atoms with Crippen molar-refractivity contribution in [3.05, 3.63) is 40.7 Å². The minimum Gasteiger partial charge on any atom is -0.383 e. The quantitative estimate of drug-likeness (QED) is 0.717. The monoisotopic (exact) mass is 400 g/mol. The molecule has 146 valence electrons. The first-order valence-corrected chi connectivity index (χ1v) is 9.42. The molecular weight excluding hydrogens is 380 g/mol. The van der Waals surface area contributed by atoms with Crippen molar-refractivity contribution >= 4 is 34.4 Å². The average Bonchev–Trinajstić information content (AvgIpc) is 3.19. The summed E-state index contributed by atoms with van der Waals surface area (Å²) >= 11 is 6.30. The Morgan fingerprint density at radius 2 is 2.00 bits per heavy atom. The summed E-state index contributed by atoms with van der Waals surface area (Å²) < 4.78 is 1.69. The summed E-state index contributed by atoms with van der Waals surface area (Å²) in [6, 6.07) is 7.55. The van der Waals surface area contributed by atoms with E-state index in [1.807, 2.05) is 45.0 Å². The molecule has 0 saturated carbocycles. The number of rotatable bonds is 3. The van der Waals surface area contributed by atoms with Gasteiger partial charge in [0, 0.05) is 10.4 Å². The van der Waals surface area contributed by atoms with Gasteiger partial charge in [-0.3, -0.25) is 4.79 Å². The number of carbonyl (C=O) groups is 1. The normalized spacial score (nSPS) is 17.7. The lowest BCUT2D eigenvalue weighted by Crippen LogP contribution is -2.25. The second-order valence-electron chi connectivity index (χ2n) is 7.99. The lowest BCUT2D eigenvalue weighted by molar-refractivity contribution is -0.122. The third-order valence-electron chi connectivity index (χ3n) is 4.70. The topological polar surface area (TPSA) is 97.0 Å². The van der Waals surface area contributed by atoms with Crippen molar-refractivity contribution in [2.24, 2.45) is 0 Å². The molecule has 1 fully saturated rings. The molecule has 0 bridgehead atoms. The summed E-state index contributed by atoms with van der Waals surface area (Å²) in [6.45, 7) is 6.75. The van der Waals surface area contributed by atoms with Gasteiger partial charge < -0.3 is 10.0 Å². The fourth-order valence-corrected chi connectivity index (χ4v) is 3.32. The highest BCUT2D eigenvalue weighted by Gasteiger charge is 2.33. The Bertz CT molecular complexity index is 1060. The van der Waals surface area contributed by atoms with E-state index in [-0.39, 0.29) is 24.3 Å². The number of anilines is 1. The van der Waals surface area contributed by atoms with E-state index in [0.29, 0.717) is 34.4 Å². The highest BCUT2D eigenvalue weighted by atomic mass is 35.5. The van der Waals surface area contributed by atoms with Gasteiger partial charge in [-0.2, -0.15) is 0 Å². The summed E-state index contributed by atoms with van der Waals surface area (Å²) in [6.07, 6.45) is -1.01. The van der Waals surface area contributed by atoms with E-state index in [2.05, 4.69) is 15.3 Å². The number of nitrogens with zero attached hydrogens (tertiary/aromatic N) is 6. The number of hydrogen-bond donors (Lipinski definition) is 1. The van der Waals surface area contributed by atoms with E-state index in [0.717, 1.165) is 5.56 Å². The van der Waals surface area contributed by atoms with Crippen LogP contribution >= 0.6 is 11.6 Å². The van der Waals surface area contributed by atoms with E-state index in [1.54, 1.807) is 9.58 Å². The minimum atomic E-state index is -1.01. The van der Waals surface area contributed by atoms with Gasteiger partial charge in [0.25, 0.3) is 0 Å². The highest BCUT2D eigenvalue weighted by molar-refractivity contribution is 6.31. The number of hydrogen-bond acceptors (Lipinski definition) is 7. The standard InChI is InChI=1S/C19H21ClN6O2/c1-19(2,3)18-21-16(25-9-13(27)14(28)10-25)15-17(22-18)26(24-23-15)8-11-6-4-5-7-12(11)20/h4-7,13,27H,8-10H2,1-3H3. The summed E-state index contributed by atoms with van der Waals surface area (Å²) in [5.74, 6) is 0.907. The number of benzene rings is 1. The fraction of sp³-hybridized carbons (Fsp3) is 0.421. The molecule has 0 amide bonds. The molecule has 1 aromatic carbocycles. The van der Waals surface area contributed by atoms with Crippen LogP contribution in [0.3, 0.4) is 0 Å². The van der Waals surface area contributed by atoms with Gasteiger partial charge in [0.2, 0.25) is 0 Å². The van der Waals surface area contributed by atoms with Gasteiger partial charge in [0.05, 0.1) is 19.6 Å². The van der Waals surface area contributed by atoms with Gasteiger partial charge in [-0.05, 0) is 11.6 Å². The largest absolute Gasteiger partial charge is 0.383 e. The lowest BCUT2D eigenvalue weighted by atomic mass is 9.96. The van der Waals surface area contributed by atoms with Gasteiger partial charge in [-0.1, -0.05) is 55.8 Å². The second kappa shape index (κ2) is 6.79. The first kappa shape index (κ1) is 18.8. The van der Waals surface area contributed by atoms with E-state index < -0.39 is 6.10 Å². The highest BCUT2D eigenvalue weighted by Crippen LogP contribution is 2.29. The molecule has 0 spiro atoms. The zero-order valence-electron chi connectivity index (χ0n) is 15.9. The molecule has 4 rings (SSSR count). The van der Waals surface area contributed by atoms with Crippen molar-refractivity contribution in [2.45, 2.75) is 38.8 Å². The predicted molar refractivity (Wildman–Crippen MR) is 106 cm³/mol. The van der Waals surface area contributed by atoms with Crippen molar-refractivity contribution in [3.63, 3.8) is 0 Å². The number of aliphatic hydroxyl groups excluding tert-OH is 1. The molecule has 1 aliphatic rings. The van der Waals surface area contributed by atoms with Gasteiger partial charge in [-0.25, -0.2) is 14.6 Å². The van der Waals surface area contributed by atoms with Crippen LogP contribution in [0.5, 0.6) is 0 Å². The van der Waals surface area contributed by atoms with Crippen molar-refractivity contribution in [2.75, 3.05) is 18.0 Å². The van der Waals surface area contributed by atoms with Gasteiger partial charge in [0.15, 0.2) is 22.8 Å². The van der Waals surface area contributed by atoms with Crippen LogP contribution < -0.4 is 4.90 Å². The van der Waals surface area contributed by atoms with Crippen LogP contribution in [0.15, 0.2) is 24.3 Å². The number of Topliss-reactive ketones (excluding diaryl/α,β-unsaturated/α-hetero) is 1. The van der Waals surface area contributed by atoms with E-state index in [9.17, 15) is 9.90 Å². The Balaban J connectivity index is 1.85. The minimum absolute atomic E-state index is 0.0915. The first-order valence-electron chi connectivity index (χ1n) is 9.05. The molecule has 28 heavy (non-hydrogen) atoms. The fourth-order valence-electron chi connectivity index (χ4n) is 3.12. The van der Waals surface area contributed by atoms with Crippen LogP contribution in [0.4, 0.5) is 5.82 Å². The number of β-amino-alcohol motifs (C(OH)–C–C–N with tert-alkyl or cyclic N) is 1. The van der Waals surface area contributed by atoms with Gasteiger partial charge in [0.1, 0.15) is 11.9 Å². The van der Waals surface area contributed by atoms with Gasteiger partial charge in [-0.15, -0.1) is 5.10 Å². The third-order valence-corrected chi connectivity index (χ3v) is 5.07. The first-order chi connectivity index (χ1) is 13.2. The molecule has 3 heterocycles. The Hall–Kier alpha value is -2.58. The summed E-state index contributed by atoms with van der Waals surface area (Å²) in [7, 11) is 0. The van der Waals surface area contributed by atoms with Crippen molar-refractivity contribution in [1.82, 2.24) is 25.0 Å². The van der Waals surface area contributed by atoms with Crippen LogP contribution in [0, 0.1) is 0 Å². The number of aromatic nitrogens is 5. The second-order valence-corrected chi connectivity index (χ2v) is 8.40. The molecule has 3 aromatic rings. The molecule has 1 saturated heterocycles. The molecule has 1 aliphatic heterocycles. The molecule has 1 N–H and O–H groups in total. The van der Waals surface area contributed by atoms with Crippen molar-refractivity contribution in [3.8, 4) is 0 Å². The van der Waals surface area contributed by atoms with E-state index in [1.165, 1.54) is 0 Å². The van der Waals surface area contributed by atoms with E-state index >= 15 is 0 Å². The Kier molecular flexibility index (Phi) is 4.55. The lowest BCUT2D eigenvalue weighted by Gasteiger charge is -2.21. The average molecular weight is 401 g/mol. The maximum Gasteiger partial charge on any atom is 0.184 e. The van der Waals surface area contributed by atoms with Crippen molar-refractivity contribution < 1.29 is 9.90 Å². The molecular formula is C19H21ClN6O2. The number of halogens is 1. The maximum atomic E-state index is 11.9. The smallest absolute Gasteiger partial charge is 0.184 e.